The Bertz CT molecular complexity index is 599. The van der Waals surface area contributed by atoms with Crippen LogP contribution in [0, 0.1) is 5.82 Å². The van der Waals surface area contributed by atoms with Crippen LogP contribution in [0.5, 0.6) is 5.75 Å². The molecule has 0 heterocycles. The van der Waals surface area contributed by atoms with Gasteiger partial charge in [0.2, 0.25) is 0 Å². The molecule has 0 aromatic heterocycles. The van der Waals surface area contributed by atoms with Crippen LogP contribution in [-0.2, 0) is 0 Å². The normalized spacial score (nSPS) is 12.2. The van der Waals surface area contributed by atoms with Gasteiger partial charge < -0.3 is 4.74 Å². The number of hydrogen-bond donors (Lipinski definition) is 0. The Balaban J connectivity index is 2.41. The minimum absolute atomic E-state index is 0.333. The summed E-state index contributed by atoms with van der Waals surface area (Å²) in [6.07, 6.45) is 0. The third kappa shape index (κ3) is 3.35. The van der Waals surface area contributed by atoms with E-state index in [1.165, 1.54) is 6.07 Å². The second-order valence-corrected chi connectivity index (χ2v) is 6.26. The predicted molar refractivity (Wildman–Crippen MR) is 87.1 cm³/mol. The standard InChI is InChI=1S/C15H12Br2ClFO/c1-2-20-9-6-7-10(12(17)8-9)15(18)14-11(16)4-3-5-13(14)19/h3-8,15H,2H2,1H3. The van der Waals surface area contributed by atoms with Gasteiger partial charge in [-0.3, -0.25) is 0 Å². The van der Waals surface area contributed by atoms with Crippen LogP contribution in [0.3, 0.4) is 0 Å². The Morgan fingerprint density at radius 1 is 1.20 bits per heavy atom. The molecule has 20 heavy (non-hydrogen) atoms. The molecule has 106 valence electrons. The number of alkyl halides is 1. The van der Waals surface area contributed by atoms with Gasteiger partial charge in [0.15, 0.2) is 0 Å². The molecule has 2 rings (SSSR count). The maximum Gasteiger partial charge on any atom is 0.129 e. The van der Waals surface area contributed by atoms with Gasteiger partial charge in [-0.2, -0.15) is 0 Å². The van der Waals surface area contributed by atoms with Crippen molar-refractivity contribution < 1.29 is 9.13 Å². The summed E-state index contributed by atoms with van der Waals surface area (Å²) in [4.78, 5) is 0. The molecule has 0 N–H and O–H groups in total. The maximum atomic E-state index is 14.0. The number of halogens is 4. The largest absolute Gasteiger partial charge is 0.494 e. The van der Waals surface area contributed by atoms with Crippen LogP contribution >= 0.6 is 43.5 Å². The summed E-state index contributed by atoms with van der Waals surface area (Å²) in [7, 11) is 0. The molecule has 0 fully saturated rings. The van der Waals surface area contributed by atoms with Gasteiger partial charge in [0, 0.05) is 14.5 Å². The zero-order valence-corrected chi connectivity index (χ0v) is 14.6. The molecule has 1 atom stereocenters. The summed E-state index contributed by atoms with van der Waals surface area (Å²) in [5, 5.41) is -0.587. The Labute approximate surface area is 139 Å². The molecular formula is C15H12Br2ClFO. The lowest BCUT2D eigenvalue weighted by molar-refractivity contribution is 0.340. The highest BCUT2D eigenvalue weighted by molar-refractivity contribution is 9.10. The highest BCUT2D eigenvalue weighted by atomic mass is 79.9. The molecule has 1 nitrogen and oxygen atoms in total. The van der Waals surface area contributed by atoms with Crippen LogP contribution in [0.4, 0.5) is 4.39 Å². The van der Waals surface area contributed by atoms with Gasteiger partial charge in [-0.15, -0.1) is 11.6 Å². The minimum atomic E-state index is -0.587. The third-order valence-electron chi connectivity index (χ3n) is 2.81. The lowest BCUT2D eigenvalue weighted by Crippen LogP contribution is -2.00. The summed E-state index contributed by atoms with van der Waals surface area (Å²) >= 11 is 13.2. The van der Waals surface area contributed by atoms with Crippen molar-refractivity contribution in [3.05, 3.63) is 62.3 Å². The van der Waals surface area contributed by atoms with Crippen LogP contribution in [0.2, 0.25) is 0 Å². The van der Waals surface area contributed by atoms with Crippen molar-refractivity contribution in [2.24, 2.45) is 0 Å². The van der Waals surface area contributed by atoms with Crippen molar-refractivity contribution >= 4 is 43.5 Å². The first-order chi connectivity index (χ1) is 9.54. The van der Waals surface area contributed by atoms with Crippen molar-refractivity contribution in [2.75, 3.05) is 6.61 Å². The molecule has 2 aromatic rings. The van der Waals surface area contributed by atoms with E-state index in [2.05, 4.69) is 31.9 Å². The molecule has 2 aromatic carbocycles. The van der Waals surface area contributed by atoms with Crippen molar-refractivity contribution in [2.45, 2.75) is 12.3 Å². The van der Waals surface area contributed by atoms with Gasteiger partial charge in [0.25, 0.3) is 0 Å². The van der Waals surface area contributed by atoms with Gasteiger partial charge in [0.05, 0.1) is 12.0 Å². The fraction of sp³-hybridized carbons (Fsp3) is 0.200. The molecule has 0 aliphatic carbocycles. The molecule has 0 bridgehead atoms. The summed E-state index contributed by atoms with van der Waals surface area (Å²) in [5.74, 6) is 0.416. The van der Waals surface area contributed by atoms with E-state index in [-0.39, 0.29) is 5.82 Å². The first-order valence-corrected chi connectivity index (χ1v) is 8.07. The summed E-state index contributed by atoms with van der Waals surface area (Å²) in [6.45, 7) is 2.51. The van der Waals surface area contributed by atoms with E-state index >= 15 is 0 Å². The molecule has 0 saturated heterocycles. The fourth-order valence-electron chi connectivity index (χ4n) is 1.88. The van der Waals surface area contributed by atoms with Gasteiger partial charge in [0.1, 0.15) is 11.6 Å². The third-order valence-corrected chi connectivity index (χ3v) is 4.64. The van der Waals surface area contributed by atoms with E-state index in [0.29, 0.717) is 16.6 Å². The molecule has 0 aliphatic heterocycles. The Morgan fingerprint density at radius 3 is 2.55 bits per heavy atom. The van der Waals surface area contributed by atoms with Gasteiger partial charge in [-0.1, -0.05) is 44.0 Å². The summed E-state index contributed by atoms with van der Waals surface area (Å²) < 4.78 is 20.8. The Morgan fingerprint density at radius 2 is 1.95 bits per heavy atom. The quantitative estimate of drug-likeness (QED) is 0.543. The second kappa shape index (κ2) is 6.92. The van der Waals surface area contributed by atoms with Gasteiger partial charge in [-0.25, -0.2) is 4.39 Å². The fourth-order valence-corrected chi connectivity index (χ4v) is 3.71. The SMILES string of the molecule is CCOc1ccc(C(Cl)c2c(F)cccc2Br)c(Br)c1. The maximum absolute atomic E-state index is 14.0. The van der Waals surface area contributed by atoms with E-state index in [4.69, 9.17) is 16.3 Å². The monoisotopic (exact) mass is 420 g/mol. The van der Waals surface area contributed by atoms with Crippen molar-refractivity contribution in [1.29, 1.82) is 0 Å². The van der Waals surface area contributed by atoms with E-state index in [1.807, 2.05) is 25.1 Å². The zero-order chi connectivity index (χ0) is 14.7. The molecule has 5 heteroatoms. The molecule has 0 spiro atoms. The topological polar surface area (TPSA) is 9.23 Å². The first kappa shape index (κ1) is 15.8. The van der Waals surface area contributed by atoms with Crippen molar-refractivity contribution in [3.63, 3.8) is 0 Å². The molecule has 0 saturated carbocycles. The van der Waals surface area contributed by atoms with E-state index in [1.54, 1.807) is 12.1 Å². The van der Waals surface area contributed by atoms with Crippen LogP contribution in [0.1, 0.15) is 23.4 Å². The molecular weight excluding hydrogens is 410 g/mol. The second-order valence-electron chi connectivity index (χ2n) is 4.11. The number of rotatable bonds is 4. The zero-order valence-electron chi connectivity index (χ0n) is 10.7. The number of benzene rings is 2. The van der Waals surface area contributed by atoms with Crippen molar-refractivity contribution in [1.82, 2.24) is 0 Å². The van der Waals surface area contributed by atoms with E-state index < -0.39 is 5.38 Å². The number of ether oxygens (including phenoxy) is 1. The number of hydrogen-bond acceptors (Lipinski definition) is 1. The average Bonchev–Trinajstić information content (AvgIpc) is 2.38. The predicted octanol–water partition coefficient (Wildman–Crippen LogP) is 6.08. The van der Waals surface area contributed by atoms with E-state index in [9.17, 15) is 4.39 Å². The van der Waals surface area contributed by atoms with Crippen molar-refractivity contribution in [3.8, 4) is 5.75 Å². The van der Waals surface area contributed by atoms with Crippen LogP contribution in [0.15, 0.2) is 45.3 Å². The summed E-state index contributed by atoms with van der Waals surface area (Å²) in [6, 6.07) is 10.3. The minimum Gasteiger partial charge on any atom is -0.494 e. The Kier molecular flexibility index (Phi) is 5.47. The molecule has 1 unspecified atom stereocenters. The highest BCUT2D eigenvalue weighted by Gasteiger charge is 2.20. The van der Waals surface area contributed by atoms with Gasteiger partial charge in [-0.05, 0) is 36.8 Å². The lowest BCUT2D eigenvalue weighted by Gasteiger charge is -2.16. The summed E-state index contributed by atoms with van der Waals surface area (Å²) in [5.41, 5.74) is 1.22. The highest BCUT2D eigenvalue weighted by Crippen LogP contribution is 2.39. The average molecular weight is 423 g/mol. The molecule has 0 radical (unpaired) electrons. The molecule has 0 amide bonds. The van der Waals surface area contributed by atoms with Crippen LogP contribution < -0.4 is 4.74 Å². The van der Waals surface area contributed by atoms with E-state index in [0.717, 1.165) is 15.8 Å². The Hall–Kier alpha value is -0.580. The van der Waals surface area contributed by atoms with Crippen LogP contribution in [-0.4, -0.2) is 6.61 Å². The first-order valence-electron chi connectivity index (χ1n) is 6.04. The van der Waals surface area contributed by atoms with Gasteiger partial charge >= 0.3 is 0 Å². The smallest absolute Gasteiger partial charge is 0.129 e. The lowest BCUT2D eigenvalue weighted by atomic mass is 10.0. The van der Waals surface area contributed by atoms with Crippen LogP contribution in [0.25, 0.3) is 0 Å². The molecule has 0 aliphatic rings.